The summed E-state index contributed by atoms with van der Waals surface area (Å²) in [6, 6.07) is 0. The van der Waals surface area contributed by atoms with Crippen LogP contribution in [0, 0.1) is 25.5 Å². The van der Waals surface area contributed by atoms with Gasteiger partial charge in [0.05, 0.1) is 0 Å². The van der Waals surface area contributed by atoms with Gasteiger partial charge in [-0.1, -0.05) is 19.8 Å². The summed E-state index contributed by atoms with van der Waals surface area (Å²) in [5.74, 6) is 3.03. The van der Waals surface area contributed by atoms with Crippen LogP contribution >= 0.6 is 0 Å². The lowest BCUT2D eigenvalue weighted by atomic mass is 10.1. The molecule has 0 fully saturated rings. The van der Waals surface area contributed by atoms with Gasteiger partial charge in [-0.25, -0.2) is 0 Å². The molecule has 2 nitrogen and oxygen atoms in total. The summed E-state index contributed by atoms with van der Waals surface area (Å²) in [7, 11) is 0. The second-order valence-electron chi connectivity index (χ2n) is 3.14. The Morgan fingerprint density at radius 1 is 1.67 bits per heavy atom. The molecule has 0 saturated carbocycles. The van der Waals surface area contributed by atoms with Crippen LogP contribution in [0.4, 0.5) is 0 Å². The minimum atomic E-state index is 0.456. The quantitative estimate of drug-likeness (QED) is 0.604. The van der Waals surface area contributed by atoms with Crippen molar-refractivity contribution in [1.29, 1.82) is 0 Å². The van der Waals surface area contributed by atoms with Crippen molar-refractivity contribution in [3.8, 4) is 12.3 Å². The van der Waals surface area contributed by atoms with E-state index in [0.29, 0.717) is 12.5 Å². The molecule has 0 aliphatic heterocycles. The van der Waals surface area contributed by atoms with Crippen molar-refractivity contribution in [1.82, 2.24) is 9.78 Å². The summed E-state index contributed by atoms with van der Waals surface area (Å²) < 4.78 is 1.83. The summed E-state index contributed by atoms with van der Waals surface area (Å²) >= 11 is 0. The number of hydrogen-bond donors (Lipinski definition) is 0. The summed E-state index contributed by atoms with van der Waals surface area (Å²) in [5.41, 5.74) is 2.29. The van der Waals surface area contributed by atoms with Crippen molar-refractivity contribution in [2.45, 2.75) is 33.2 Å². The molecule has 1 radical (unpaired) electrons. The van der Waals surface area contributed by atoms with Crippen molar-refractivity contribution >= 4 is 0 Å². The Balaban J connectivity index is 3.05. The van der Waals surface area contributed by atoms with Crippen LogP contribution in [0.2, 0.25) is 0 Å². The fourth-order valence-corrected chi connectivity index (χ4v) is 1.38. The molecule has 1 aromatic rings. The van der Waals surface area contributed by atoms with E-state index in [2.05, 4.69) is 31.1 Å². The molecule has 0 atom stereocenters. The predicted octanol–water partition coefficient (Wildman–Crippen LogP) is 1.75. The predicted molar refractivity (Wildman–Crippen MR) is 48.7 cm³/mol. The third kappa shape index (κ3) is 1.50. The Morgan fingerprint density at radius 2 is 2.33 bits per heavy atom. The number of nitrogens with zero attached hydrogens (tertiary/aromatic N) is 2. The number of terminal acetylenes is 1. The highest BCUT2D eigenvalue weighted by molar-refractivity contribution is 5.18. The lowest BCUT2D eigenvalue weighted by molar-refractivity contribution is 0.633. The van der Waals surface area contributed by atoms with Crippen molar-refractivity contribution in [2.75, 3.05) is 0 Å². The first-order valence-electron chi connectivity index (χ1n) is 4.05. The first-order chi connectivity index (χ1) is 5.66. The van der Waals surface area contributed by atoms with Gasteiger partial charge in [0.15, 0.2) is 0 Å². The molecule has 12 heavy (non-hydrogen) atoms. The van der Waals surface area contributed by atoms with Crippen LogP contribution in [-0.4, -0.2) is 9.78 Å². The zero-order chi connectivity index (χ0) is 9.14. The maximum Gasteiger partial charge on any atom is 0.116 e. The highest BCUT2D eigenvalue weighted by atomic mass is 15.3. The van der Waals surface area contributed by atoms with E-state index in [1.54, 1.807) is 0 Å². The minimum absolute atomic E-state index is 0.456. The third-order valence-electron chi connectivity index (χ3n) is 1.79. The smallest absolute Gasteiger partial charge is 0.116 e. The molecule has 0 N–H and O–H groups in total. The highest BCUT2D eigenvalue weighted by Crippen LogP contribution is 2.17. The zero-order valence-electron chi connectivity index (χ0n) is 7.76. The number of hydrogen-bond acceptors (Lipinski definition) is 1. The van der Waals surface area contributed by atoms with Gasteiger partial charge >= 0.3 is 0 Å². The summed E-state index contributed by atoms with van der Waals surface area (Å²) in [6.45, 7) is 6.81. The first kappa shape index (κ1) is 8.86. The molecule has 0 aliphatic carbocycles. The molecule has 0 spiro atoms. The maximum atomic E-state index is 5.21. The van der Waals surface area contributed by atoms with E-state index in [0.717, 1.165) is 5.56 Å². The lowest BCUT2D eigenvalue weighted by Gasteiger charge is -2.08. The van der Waals surface area contributed by atoms with Gasteiger partial charge in [-0.3, -0.25) is 4.68 Å². The molecular weight excluding hydrogens is 148 g/mol. The average Bonchev–Trinajstić information content (AvgIpc) is 2.32. The van der Waals surface area contributed by atoms with Crippen LogP contribution in [0.15, 0.2) is 0 Å². The monoisotopic (exact) mass is 161 g/mol. The van der Waals surface area contributed by atoms with E-state index in [-0.39, 0.29) is 0 Å². The summed E-state index contributed by atoms with van der Waals surface area (Å²) in [6.07, 6.45) is 8.13. The molecule has 0 amide bonds. The molecular formula is C10H13N2. The number of rotatable bonds is 2. The lowest BCUT2D eigenvalue weighted by Crippen LogP contribution is -2.05. The van der Waals surface area contributed by atoms with Crippen molar-refractivity contribution < 1.29 is 0 Å². The highest BCUT2D eigenvalue weighted by Gasteiger charge is 2.09. The van der Waals surface area contributed by atoms with E-state index in [4.69, 9.17) is 6.42 Å². The molecule has 1 aromatic heterocycles. The van der Waals surface area contributed by atoms with Crippen molar-refractivity contribution in [2.24, 2.45) is 0 Å². The second-order valence-corrected chi connectivity index (χ2v) is 3.14. The van der Waals surface area contributed by atoms with Crippen LogP contribution in [-0.2, 0) is 6.54 Å². The van der Waals surface area contributed by atoms with Gasteiger partial charge in [0, 0.05) is 11.3 Å². The minimum Gasteiger partial charge on any atom is -0.256 e. The van der Waals surface area contributed by atoms with Crippen molar-refractivity contribution in [3.05, 3.63) is 17.5 Å². The van der Waals surface area contributed by atoms with Gasteiger partial charge in [-0.15, -0.1) is 6.42 Å². The average molecular weight is 161 g/mol. The topological polar surface area (TPSA) is 17.8 Å². The van der Waals surface area contributed by atoms with E-state index in [1.165, 1.54) is 5.69 Å². The molecule has 0 aromatic carbocycles. The fraction of sp³-hybridized carbons (Fsp3) is 0.500. The van der Waals surface area contributed by atoms with E-state index >= 15 is 0 Å². The Morgan fingerprint density at radius 3 is 2.83 bits per heavy atom. The van der Waals surface area contributed by atoms with Gasteiger partial charge in [0.2, 0.25) is 0 Å². The van der Waals surface area contributed by atoms with E-state index < -0.39 is 0 Å². The fourth-order valence-electron chi connectivity index (χ4n) is 1.38. The Bertz CT molecular complexity index is 302. The Hall–Kier alpha value is -1.23. The molecule has 1 rings (SSSR count). The maximum absolute atomic E-state index is 5.21. The zero-order valence-corrected chi connectivity index (χ0v) is 7.76. The van der Waals surface area contributed by atoms with Crippen LogP contribution in [0.3, 0.4) is 0 Å². The van der Waals surface area contributed by atoms with Crippen molar-refractivity contribution in [3.63, 3.8) is 0 Å². The van der Waals surface area contributed by atoms with Gasteiger partial charge in [-0.2, -0.15) is 5.10 Å². The van der Waals surface area contributed by atoms with Crippen LogP contribution in [0.25, 0.3) is 0 Å². The Labute approximate surface area is 73.6 Å². The van der Waals surface area contributed by atoms with Gasteiger partial charge in [-0.05, 0) is 12.8 Å². The van der Waals surface area contributed by atoms with Gasteiger partial charge in [0.25, 0.3) is 0 Å². The number of aromatic nitrogens is 2. The summed E-state index contributed by atoms with van der Waals surface area (Å²) in [4.78, 5) is 0. The van der Waals surface area contributed by atoms with E-state index in [1.807, 2.05) is 11.6 Å². The molecule has 0 aliphatic rings. The van der Waals surface area contributed by atoms with Gasteiger partial charge in [0.1, 0.15) is 12.7 Å². The normalized spacial score (nSPS) is 10.2. The number of aryl methyl sites for hydroxylation is 1. The molecule has 1 heterocycles. The van der Waals surface area contributed by atoms with Gasteiger partial charge < -0.3 is 0 Å². The molecule has 0 saturated heterocycles. The summed E-state index contributed by atoms with van der Waals surface area (Å²) in [5, 5.41) is 4.08. The third-order valence-corrected chi connectivity index (χ3v) is 1.79. The molecule has 0 bridgehead atoms. The molecule has 2 heteroatoms. The second kappa shape index (κ2) is 3.44. The van der Waals surface area contributed by atoms with Crippen LogP contribution < -0.4 is 0 Å². The molecule has 63 valence electrons. The standard InChI is InChI=1S/C10H13N2/c1-5-6-12-10(8(2)3)9(4)7-11-12/h1,8H,6H2,2-4H3. The van der Waals surface area contributed by atoms with Crippen LogP contribution in [0.1, 0.15) is 31.0 Å². The van der Waals surface area contributed by atoms with Crippen LogP contribution in [0.5, 0.6) is 0 Å². The SMILES string of the molecule is C#CCn1n[c]c(C)c1C(C)C. The largest absolute Gasteiger partial charge is 0.256 e. The Kier molecular flexibility index (Phi) is 2.54. The van der Waals surface area contributed by atoms with E-state index in [9.17, 15) is 0 Å². The first-order valence-corrected chi connectivity index (χ1v) is 4.05. The molecule has 0 unspecified atom stereocenters.